The number of carbonyl (C=O) groups excluding carboxylic acids is 2. The SMILES string of the molecule is CC(=O)N1CCc2cc(NC(=O)NCCc3ncc(C)s3)ccc21. The molecular weight excluding hydrogens is 324 g/mol. The molecule has 0 radical (unpaired) electrons. The number of hydrogen-bond donors (Lipinski definition) is 2. The van der Waals surface area contributed by atoms with Crippen LogP contribution in [-0.4, -0.2) is 30.0 Å². The molecule has 0 aliphatic carbocycles. The first-order valence-corrected chi connectivity index (χ1v) is 8.72. The zero-order chi connectivity index (χ0) is 17.1. The van der Waals surface area contributed by atoms with Crippen LogP contribution in [0.3, 0.4) is 0 Å². The van der Waals surface area contributed by atoms with E-state index >= 15 is 0 Å². The zero-order valence-corrected chi connectivity index (χ0v) is 14.6. The lowest BCUT2D eigenvalue weighted by Crippen LogP contribution is -2.30. The molecule has 1 aliphatic heterocycles. The molecule has 0 saturated heterocycles. The highest BCUT2D eigenvalue weighted by Crippen LogP contribution is 2.30. The van der Waals surface area contributed by atoms with Crippen LogP contribution in [0.5, 0.6) is 0 Å². The van der Waals surface area contributed by atoms with E-state index < -0.39 is 0 Å². The van der Waals surface area contributed by atoms with Gasteiger partial charge in [-0.15, -0.1) is 11.3 Å². The summed E-state index contributed by atoms with van der Waals surface area (Å²) in [5, 5.41) is 6.70. The first-order chi connectivity index (χ1) is 11.5. The third-order valence-corrected chi connectivity index (χ3v) is 4.88. The van der Waals surface area contributed by atoms with Crippen molar-refractivity contribution in [2.75, 3.05) is 23.3 Å². The van der Waals surface area contributed by atoms with Gasteiger partial charge in [0.1, 0.15) is 0 Å². The topological polar surface area (TPSA) is 74.3 Å². The highest BCUT2D eigenvalue weighted by atomic mass is 32.1. The van der Waals surface area contributed by atoms with Crippen molar-refractivity contribution in [1.29, 1.82) is 0 Å². The van der Waals surface area contributed by atoms with Crippen molar-refractivity contribution in [2.24, 2.45) is 0 Å². The molecule has 0 spiro atoms. The molecule has 1 aliphatic rings. The standard InChI is InChI=1S/C17H20N4O2S/c1-11-10-19-16(24-11)5-7-18-17(23)20-14-3-4-15-13(9-14)6-8-21(15)12(2)22/h3-4,9-10H,5-8H2,1-2H3,(H2,18,20,23). The second-order valence-electron chi connectivity index (χ2n) is 5.76. The van der Waals surface area contributed by atoms with Gasteiger partial charge in [0.2, 0.25) is 5.91 Å². The van der Waals surface area contributed by atoms with Crippen LogP contribution in [0.2, 0.25) is 0 Å². The van der Waals surface area contributed by atoms with E-state index in [2.05, 4.69) is 15.6 Å². The molecule has 0 unspecified atom stereocenters. The molecule has 1 aromatic heterocycles. The molecule has 2 N–H and O–H groups in total. The fraction of sp³-hybridized carbons (Fsp3) is 0.353. The van der Waals surface area contributed by atoms with Gasteiger partial charge in [-0.3, -0.25) is 4.79 Å². The number of rotatable bonds is 4. The molecule has 126 valence electrons. The number of fused-ring (bicyclic) bond motifs is 1. The molecule has 7 heteroatoms. The molecule has 3 rings (SSSR count). The minimum absolute atomic E-state index is 0.0459. The Bertz CT molecular complexity index is 772. The number of benzene rings is 1. The van der Waals surface area contributed by atoms with E-state index in [1.165, 1.54) is 4.88 Å². The van der Waals surface area contributed by atoms with Crippen molar-refractivity contribution in [3.8, 4) is 0 Å². The number of urea groups is 1. The maximum atomic E-state index is 12.0. The van der Waals surface area contributed by atoms with Crippen molar-refractivity contribution < 1.29 is 9.59 Å². The van der Waals surface area contributed by atoms with E-state index in [0.29, 0.717) is 13.1 Å². The second kappa shape index (κ2) is 7.00. The summed E-state index contributed by atoms with van der Waals surface area (Å²) in [6.07, 6.45) is 3.38. The lowest BCUT2D eigenvalue weighted by molar-refractivity contribution is -0.116. The van der Waals surface area contributed by atoms with Gasteiger partial charge >= 0.3 is 6.03 Å². The Morgan fingerprint density at radius 3 is 2.92 bits per heavy atom. The number of nitrogens with zero attached hydrogens (tertiary/aromatic N) is 2. The van der Waals surface area contributed by atoms with Gasteiger partial charge in [0.25, 0.3) is 0 Å². The summed E-state index contributed by atoms with van der Waals surface area (Å²) in [7, 11) is 0. The summed E-state index contributed by atoms with van der Waals surface area (Å²) in [6.45, 7) is 4.83. The Morgan fingerprint density at radius 1 is 1.38 bits per heavy atom. The molecule has 2 heterocycles. The summed E-state index contributed by atoms with van der Waals surface area (Å²) in [4.78, 5) is 30.7. The molecular formula is C17H20N4O2S. The van der Waals surface area contributed by atoms with Crippen molar-refractivity contribution >= 4 is 34.6 Å². The Morgan fingerprint density at radius 2 is 2.21 bits per heavy atom. The Kier molecular flexibility index (Phi) is 4.80. The lowest BCUT2D eigenvalue weighted by Gasteiger charge is -2.15. The van der Waals surface area contributed by atoms with Crippen molar-refractivity contribution in [3.63, 3.8) is 0 Å². The van der Waals surface area contributed by atoms with Gasteiger partial charge in [-0.25, -0.2) is 9.78 Å². The highest BCUT2D eigenvalue weighted by Gasteiger charge is 2.22. The van der Waals surface area contributed by atoms with Crippen molar-refractivity contribution in [3.05, 3.63) is 39.8 Å². The zero-order valence-electron chi connectivity index (χ0n) is 13.8. The molecule has 0 bridgehead atoms. The third kappa shape index (κ3) is 3.73. The van der Waals surface area contributed by atoms with E-state index in [9.17, 15) is 9.59 Å². The van der Waals surface area contributed by atoms with Crippen LogP contribution < -0.4 is 15.5 Å². The fourth-order valence-electron chi connectivity index (χ4n) is 2.78. The number of amides is 3. The molecule has 3 amide bonds. The van der Waals surface area contributed by atoms with Crippen LogP contribution >= 0.6 is 11.3 Å². The summed E-state index contributed by atoms with van der Waals surface area (Å²) in [6, 6.07) is 5.41. The van der Waals surface area contributed by atoms with E-state index in [1.807, 2.05) is 31.3 Å². The van der Waals surface area contributed by atoms with Gasteiger partial charge in [0.15, 0.2) is 0 Å². The van der Waals surface area contributed by atoms with Crippen LogP contribution in [0.15, 0.2) is 24.4 Å². The van der Waals surface area contributed by atoms with Gasteiger partial charge in [-0.05, 0) is 37.1 Å². The van der Waals surface area contributed by atoms with Gasteiger partial charge in [0, 0.05) is 48.9 Å². The molecule has 0 atom stereocenters. The lowest BCUT2D eigenvalue weighted by atomic mass is 10.1. The van der Waals surface area contributed by atoms with Crippen molar-refractivity contribution in [1.82, 2.24) is 10.3 Å². The number of nitrogens with one attached hydrogen (secondary N) is 2. The quantitative estimate of drug-likeness (QED) is 0.895. The van der Waals surface area contributed by atoms with Crippen LogP contribution in [0, 0.1) is 6.92 Å². The number of aryl methyl sites for hydroxylation is 1. The van der Waals surface area contributed by atoms with E-state index in [4.69, 9.17) is 0 Å². The number of aromatic nitrogens is 1. The minimum atomic E-state index is -0.232. The number of thiazole rings is 1. The fourth-order valence-corrected chi connectivity index (χ4v) is 3.57. The van der Waals surface area contributed by atoms with Crippen LogP contribution in [0.1, 0.15) is 22.4 Å². The van der Waals surface area contributed by atoms with Gasteiger partial charge in [-0.2, -0.15) is 0 Å². The largest absolute Gasteiger partial charge is 0.337 e. The minimum Gasteiger partial charge on any atom is -0.337 e. The monoisotopic (exact) mass is 344 g/mol. The highest BCUT2D eigenvalue weighted by molar-refractivity contribution is 7.11. The first kappa shape index (κ1) is 16.4. The van der Waals surface area contributed by atoms with E-state index in [-0.39, 0.29) is 11.9 Å². The van der Waals surface area contributed by atoms with Gasteiger partial charge in [-0.1, -0.05) is 0 Å². The van der Waals surface area contributed by atoms with Crippen LogP contribution in [0.25, 0.3) is 0 Å². The summed E-state index contributed by atoms with van der Waals surface area (Å²) >= 11 is 1.64. The predicted octanol–water partition coefficient (Wildman–Crippen LogP) is 2.72. The van der Waals surface area contributed by atoms with E-state index in [0.717, 1.165) is 34.8 Å². The molecule has 0 fully saturated rings. The Hall–Kier alpha value is -2.41. The summed E-state index contributed by atoms with van der Waals surface area (Å²) < 4.78 is 0. The Labute approximate surface area is 144 Å². The normalized spacial score (nSPS) is 12.8. The number of hydrogen-bond acceptors (Lipinski definition) is 4. The van der Waals surface area contributed by atoms with Gasteiger partial charge in [0.05, 0.1) is 5.01 Å². The second-order valence-corrected chi connectivity index (χ2v) is 7.08. The van der Waals surface area contributed by atoms with E-state index in [1.54, 1.807) is 23.2 Å². The van der Waals surface area contributed by atoms with Crippen LogP contribution in [0.4, 0.5) is 16.2 Å². The maximum Gasteiger partial charge on any atom is 0.319 e. The summed E-state index contributed by atoms with van der Waals surface area (Å²) in [5.41, 5.74) is 2.76. The van der Waals surface area contributed by atoms with Crippen LogP contribution in [-0.2, 0) is 17.6 Å². The average molecular weight is 344 g/mol. The first-order valence-electron chi connectivity index (χ1n) is 7.90. The number of anilines is 2. The third-order valence-electron chi connectivity index (χ3n) is 3.91. The number of carbonyl (C=O) groups is 2. The molecule has 1 aromatic carbocycles. The average Bonchev–Trinajstić information content (AvgIpc) is 3.13. The molecule has 2 aromatic rings. The van der Waals surface area contributed by atoms with Crippen molar-refractivity contribution in [2.45, 2.75) is 26.7 Å². The molecule has 24 heavy (non-hydrogen) atoms. The Balaban J connectivity index is 1.52. The smallest absolute Gasteiger partial charge is 0.319 e. The van der Waals surface area contributed by atoms with Gasteiger partial charge < -0.3 is 15.5 Å². The maximum absolute atomic E-state index is 12.0. The predicted molar refractivity (Wildman–Crippen MR) is 95.7 cm³/mol. The molecule has 0 saturated carbocycles. The summed E-state index contributed by atoms with van der Waals surface area (Å²) in [5.74, 6) is 0.0459. The molecule has 6 nitrogen and oxygen atoms in total.